The maximum Gasteiger partial charge on any atom is 0.267 e. The van der Waals surface area contributed by atoms with Crippen LogP contribution in [0.4, 0.5) is 0 Å². The van der Waals surface area contributed by atoms with Gasteiger partial charge in [0.05, 0.1) is 18.3 Å². The van der Waals surface area contributed by atoms with Crippen LogP contribution >= 0.6 is 0 Å². The van der Waals surface area contributed by atoms with Crippen LogP contribution in [0.15, 0.2) is 11.8 Å². The Labute approximate surface area is 143 Å². The number of rotatable bonds is 8. The molecule has 0 aromatic rings. The predicted molar refractivity (Wildman–Crippen MR) is 91.0 cm³/mol. The van der Waals surface area contributed by atoms with Crippen LogP contribution in [0.25, 0.3) is 0 Å². The van der Waals surface area contributed by atoms with Crippen LogP contribution in [-0.2, 0) is 14.4 Å². The number of hydrogen-bond acceptors (Lipinski definition) is 5. The number of hydrogen-bond donors (Lipinski definition) is 4. The molecule has 0 spiro atoms. The molecule has 1 saturated carbocycles. The Morgan fingerprint density at radius 2 is 1.83 bits per heavy atom. The first kappa shape index (κ1) is 20.2. The summed E-state index contributed by atoms with van der Waals surface area (Å²) in [5, 5.41) is 17.4. The topological polar surface area (TPSA) is 108 Å². The molecule has 1 aliphatic carbocycles. The Balaban J connectivity index is 2.35. The lowest BCUT2D eigenvalue weighted by molar-refractivity contribution is -0.125. The molecule has 1 fully saturated rings. The molecule has 136 valence electrons. The molecule has 1 atom stereocenters. The first-order valence-electron chi connectivity index (χ1n) is 8.49. The Hall–Kier alpha value is -1.89. The zero-order valence-corrected chi connectivity index (χ0v) is 14.7. The molecule has 0 aromatic carbocycles. The number of aliphatic hydroxyl groups is 1. The normalized spacial score (nSPS) is 22.4. The van der Waals surface area contributed by atoms with E-state index in [4.69, 9.17) is 5.11 Å². The van der Waals surface area contributed by atoms with Crippen molar-refractivity contribution < 1.29 is 19.5 Å². The minimum atomic E-state index is -0.461. The van der Waals surface area contributed by atoms with E-state index < -0.39 is 11.9 Å². The largest absolute Gasteiger partial charge is 0.396 e. The fraction of sp³-hybridized carbons (Fsp3) is 0.706. The predicted octanol–water partition coefficient (Wildman–Crippen LogP) is 0.241. The van der Waals surface area contributed by atoms with Gasteiger partial charge in [-0.1, -0.05) is 6.08 Å². The molecule has 1 rings (SSSR count). The average molecular weight is 339 g/mol. The third-order valence-electron chi connectivity index (χ3n) is 4.39. The number of carbonyl (C=O) groups is 3. The van der Waals surface area contributed by atoms with Crippen LogP contribution in [0.3, 0.4) is 0 Å². The molecule has 2 amide bonds. The van der Waals surface area contributed by atoms with Gasteiger partial charge in [0.25, 0.3) is 5.91 Å². The molecule has 4 N–H and O–H groups in total. The highest BCUT2D eigenvalue weighted by Crippen LogP contribution is 2.23. The number of ketones is 1. The van der Waals surface area contributed by atoms with Gasteiger partial charge in [-0.05, 0) is 52.4 Å². The van der Waals surface area contributed by atoms with Crippen molar-refractivity contribution in [2.45, 2.75) is 58.5 Å². The van der Waals surface area contributed by atoms with Crippen molar-refractivity contribution in [1.29, 1.82) is 0 Å². The third-order valence-corrected chi connectivity index (χ3v) is 4.39. The number of carbonyl (C=O) groups excluding carboxylic acids is 3. The molecule has 1 unspecified atom stereocenters. The summed E-state index contributed by atoms with van der Waals surface area (Å²) in [6.45, 7) is 4.91. The molecule has 1 aliphatic rings. The molecule has 7 nitrogen and oxygen atoms in total. The second kappa shape index (κ2) is 10.1. The lowest BCUT2D eigenvalue weighted by atomic mass is 9.86. The second-order valence-electron chi connectivity index (χ2n) is 6.33. The molecule has 0 aliphatic heterocycles. The van der Waals surface area contributed by atoms with Crippen molar-refractivity contribution in [1.82, 2.24) is 16.0 Å². The Morgan fingerprint density at radius 1 is 1.21 bits per heavy atom. The summed E-state index contributed by atoms with van der Waals surface area (Å²) >= 11 is 0. The van der Waals surface area contributed by atoms with Crippen LogP contribution in [0.5, 0.6) is 0 Å². The summed E-state index contributed by atoms with van der Waals surface area (Å²) < 4.78 is 0. The SMILES string of the molecule is C/C=C(/NC(C)C(C)=O)C(=O)NCC(=O)NC1CCC(CO)CC1. The Bertz CT molecular complexity index is 482. The quantitative estimate of drug-likeness (QED) is 0.474. The monoisotopic (exact) mass is 339 g/mol. The van der Waals surface area contributed by atoms with E-state index in [0.29, 0.717) is 5.92 Å². The van der Waals surface area contributed by atoms with Gasteiger partial charge >= 0.3 is 0 Å². The van der Waals surface area contributed by atoms with E-state index >= 15 is 0 Å². The fourth-order valence-corrected chi connectivity index (χ4v) is 2.64. The highest BCUT2D eigenvalue weighted by atomic mass is 16.3. The summed E-state index contributed by atoms with van der Waals surface area (Å²) in [4.78, 5) is 35.2. The van der Waals surface area contributed by atoms with Gasteiger partial charge < -0.3 is 21.1 Å². The molecular weight excluding hydrogens is 310 g/mol. The molecule has 0 radical (unpaired) electrons. The van der Waals surface area contributed by atoms with Gasteiger partial charge in [0, 0.05) is 12.6 Å². The van der Waals surface area contributed by atoms with Crippen LogP contribution in [0, 0.1) is 5.92 Å². The number of Topliss-reactive ketones (excluding diaryl/α,β-unsaturated/α-hetero) is 1. The highest BCUT2D eigenvalue weighted by Gasteiger charge is 2.22. The maximum absolute atomic E-state index is 12.0. The number of amides is 2. The fourth-order valence-electron chi connectivity index (χ4n) is 2.64. The molecule has 0 bridgehead atoms. The van der Waals surface area contributed by atoms with Crippen LogP contribution < -0.4 is 16.0 Å². The lowest BCUT2D eigenvalue weighted by Crippen LogP contribution is -2.45. The zero-order valence-electron chi connectivity index (χ0n) is 14.7. The number of aliphatic hydroxyl groups excluding tert-OH is 1. The van der Waals surface area contributed by atoms with Crippen molar-refractivity contribution >= 4 is 17.6 Å². The van der Waals surface area contributed by atoms with Crippen molar-refractivity contribution in [3.05, 3.63) is 11.8 Å². The zero-order chi connectivity index (χ0) is 18.1. The van der Waals surface area contributed by atoms with E-state index in [2.05, 4.69) is 16.0 Å². The standard InChI is InChI=1S/C17H29N3O4/c1-4-15(19-11(2)12(3)22)17(24)18-9-16(23)20-14-7-5-13(10-21)6-8-14/h4,11,13-14,19,21H,5-10H2,1-3H3,(H,18,24)(H,20,23)/b15-4+. The summed E-state index contributed by atoms with van der Waals surface area (Å²) in [5.74, 6) is -0.376. The summed E-state index contributed by atoms with van der Waals surface area (Å²) in [6, 6.07) is -0.355. The minimum Gasteiger partial charge on any atom is -0.396 e. The van der Waals surface area contributed by atoms with E-state index in [1.165, 1.54) is 6.92 Å². The van der Waals surface area contributed by atoms with Crippen molar-refractivity contribution in [3.63, 3.8) is 0 Å². The molecule has 7 heteroatoms. The van der Waals surface area contributed by atoms with E-state index in [1.807, 2.05) is 0 Å². The van der Waals surface area contributed by atoms with E-state index in [1.54, 1.807) is 19.9 Å². The van der Waals surface area contributed by atoms with Gasteiger partial charge in [0.1, 0.15) is 0 Å². The number of nitrogens with one attached hydrogen (secondary N) is 3. The van der Waals surface area contributed by atoms with Crippen molar-refractivity contribution in [3.8, 4) is 0 Å². The highest BCUT2D eigenvalue weighted by molar-refractivity contribution is 5.96. The van der Waals surface area contributed by atoms with Gasteiger partial charge in [-0.2, -0.15) is 0 Å². The molecular formula is C17H29N3O4. The van der Waals surface area contributed by atoms with Crippen LogP contribution in [0.1, 0.15) is 46.5 Å². The van der Waals surface area contributed by atoms with Crippen LogP contribution in [-0.4, -0.2) is 47.9 Å². The summed E-state index contributed by atoms with van der Waals surface area (Å²) in [6.07, 6.45) is 5.08. The molecule has 0 saturated heterocycles. The van der Waals surface area contributed by atoms with E-state index in [0.717, 1.165) is 25.7 Å². The van der Waals surface area contributed by atoms with E-state index in [9.17, 15) is 14.4 Å². The minimum absolute atomic E-state index is 0.0709. The van der Waals surface area contributed by atoms with Gasteiger partial charge in [0.15, 0.2) is 5.78 Å². The van der Waals surface area contributed by atoms with Gasteiger partial charge in [-0.25, -0.2) is 0 Å². The Kier molecular flexibility index (Phi) is 8.46. The van der Waals surface area contributed by atoms with Crippen LogP contribution in [0.2, 0.25) is 0 Å². The summed E-state index contributed by atoms with van der Waals surface area (Å²) in [5.41, 5.74) is 0.272. The van der Waals surface area contributed by atoms with Gasteiger partial charge in [-0.3, -0.25) is 14.4 Å². The first-order valence-corrected chi connectivity index (χ1v) is 8.49. The third kappa shape index (κ3) is 6.70. The van der Waals surface area contributed by atoms with E-state index in [-0.39, 0.29) is 36.6 Å². The lowest BCUT2D eigenvalue weighted by Gasteiger charge is -2.28. The molecule has 24 heavy (non-hydrogen) atoms. The van der Waals surface area contributed by atoms with Gasteiger partial charge in [0.2, 0.25) is 5.91 Å². The van der Waals surface area contributed by atoms with Gasteiger partial charge in [-0.15, -0.1) is 0 Å². The second-order valence-corrected chi connectivity index (χ2v) is 6.33. The smallest absolute Gasteiger partial charge is 0.267 e. The van der Waals surface area contributed by atoms with Crippen molar-refractivity contribution in [2.24, 2.45) is 5.92 Å². The molecule has 0 aromatic heterocycles. The van der Waals surface area contributed by atoms with Crippen molar-refractivity contribution in [2.75, 3.05) is 13.2 Å². The number of allylic oxidation sites excluding steroid dienone is 1. The first-order chi connectivity index (χ1) is 11.4. The molecule has 0 heterocycles. The maximum atomic E-state index is 12.0. The average Bonchev–Trinajstić information content (AvgIpc) is 2.57. The summed E-state index contributed by atoms with van der Waals surface area (Å²) in [7, 11) is 0. The Morgan fingerprint density at radius 3 is 2.33 bits per heavy atom.